The summed E-state index contributed by atoms with van der Waals surface area (Å²) in [5.74, 6) is 0.641. The van der Waals surface area contributed by atoms with Crippen molar-refractivity contribution in [3.63, 3.8) is 0 Å². The first-order valence-corrected chi connectivity index (χ1v) is 5.02. The number of rotatable bonds is 4. The van der Waals surface area contributed by atoms with Crippen LogP contribution in [0.5, 0.6) is 0 Å². The average molecular weight is 177 g/mol. The summed E-state index contributed by atoms with van der Waals surface area (Å²) in [6.07, 6.45) is 2.29. The Morgan fingerprint density at radius 2 is 2.15 bits per heavy atom. The van der Waals surface area contributed by atoms with Crippen molar-refractivity contribution >= 4 is 0 Å². The molecule has 0 fully saturated rings. The molecule has 0 heterocycles. The van der Waals surface area contributed by atoms with E-state index < -0.39 is 0 Å². The van der Waals surface area contributed by atoms with Gasteiger partial charge in [0.05, 0.1) is 0 Å². The van der Waals surface area contributed by atoms with Crippen LogP contribution in [0, 0.1) is 12.8 Å². The maximum absolute atomic E-state index is 5.67. The van der Waals surface area contributed by atoms with Gasteiger partial charge in [0.25, 0.3) is 0 Å². The van der Waals surface area contributed by atoms with Crippen LogP contribution in [0.2, 0.25) is 0 Å². The molecule has 13 heavy (non-hydrogen) atoms. The summed E-state index contributed by atoms with van der Waals surface area (Å²) in [5, 5.41) is 0. The van der Waals surface area contributed by atoms with Crippen LogP contribution in [0.1, 0.15) is 24.5 Å². The van der Waals surface area contributed by atoms with Gasteiger partial charge in [0.15, 0.2) is 0 Å². The van der Waals surface area contributed by atoms with Crippen molar-refractivity contribution in [2.75, 3.05) is 6.54 Å². The zero-order chi connectivity index (χ0) is 9.68. The summed E-state index contributed by atoms with van der Waals surface area (Å²) in [5.41, 5.74) is 8.42. The molecular weight excluding hydrogens is 158 g/mol. The molecule has 1 rings (SSSR count). The Kier molecular flexibility index (Phi) is 3.97. The molecule has 0 aliphatic heterocycles. The highest BCUT2D eigenvalue weighted by Crippen LogP contribution is 2.12. The monoisotopic (exact) mass is 177 g/mol. The van der Waals surface area contributed by atoms with Crippen molar-refractivity contribution in [3.05, 3.63) is 35.4 Å². The Hall–Kier alpha value is -0.820. The quantitative estimate of drug-likeness (QED) is 0.751. The van der Waals surface area contributed by atoms with E-state index in [0.29, 0.717) is 5.92 Å². The molecule has 2 N–H and O–H groups in total. The Morgan fingerprint density at radius 1 is 1.38 bits per heavy atom. The van der Waals surface area contributed by atoms with Crippen molar-refractivity contribution in [2.24, 2.45) is 11.7 Å². The lowest BCUT2D eigenvalue weighted by atomic mass is 9.96. The van der Waals surface area contributed by atoms with Crippen LogP contribution in [-0.2, 0) is 6.42 Å². The van der Waals surface area contributed by atoms with Crippen LogP contribution in [0.15, 0.2) is 24.3 Å². The van der Waals surface area contributed by atoms with Crippen LogP contribution in [0.25, 0.3) is 0 Å². The number of nitrogens with two attached hydrogens (primary N) is 1. The van der Waals surface area contributed by atoms with Crippen molar-refractivity contribution in [2.45, 2.75) is 26.7 Å². The van der Waals surface area contributed by atoms with Crippen molar-refractivity contribution < 1.29 is 0 Å². The molecule has 0 saturated carbocycles. The van der Waals surface area contributed by atoms with Gasteiger partial charge in [0, 0.05) is 0 Å². The second-order valence-corrected chi connectivity index (χ2v) is 3.70. The van der Waals surface area contributed by atoms with E-state index in [1.807, 2.05) is 0 Å². The highest BCUT2D eigenvalue weighted by molar-refractivity contribution is 5.22. The third-order valence-corrected chi connectivity index (χ3v) is 2.52. The molecule has 0 aliphatic carbocycles. The number of hydrogen-bond donors (Lipinski definition) is 1. The summed E-state index contributed by atoms with van der Waals surface area (Å²) in [6, 6.07) is 8.68. The fourth-order valence-corrected chi connectivity index (χ4v) is 1.57. The summed E-state index contributed by atoms with van der Waals surface area (Å²) >= 11 is 0. The predicted octanol–water partition coefficient (Wildman–Crippen LogP) is 2.52. The van der Waals surface area contributed by atoms with E-state index in [0.717, 1.165) is 13.0 Å². The first-order chi connectivity index (χ1) is 6.26. The van der Waals surface area contributed by atoms with Crippen LogP contribution < -0.4 is 5.73 Å². The molecule has 0 amide bonds. The number of aryl methyl sites for hydroxylation is 1. The van der Waals surface area contributed by atoms with Gasteiger partial charge in [-0.3, -0.25) is 0 Å². The highest BCUT2D eigenvalue weighted by atomic mass is 14.5. The van der Waals surface area contributed by atoms with Gasteiger partial charge < -0.3 is 5.73 Å². The number of hydrogen-bond acceptors (Lipinski definition) is 1. The van der Waals surface area contributed by atoms with E-state index in [1.54, 1.807) is 0 Å². The van der Waals surface area contributed by atoms with E-state index >= 15 is 0 Å². The van der Waals surface area contributed by atoms with E-state index in [2.05, 4.69) is 38.1 Å². The molecule has 1 atom stereocenters. The van der Waals surface area contributed by atoms with E-state index in [-0.39, 0.29) is 0 Å². The van der Waals surface area contributed by atoms with Gasteiger partial charge in [-0.25, -0.2) is 0 Å². The van der Waals surface area contributed by atoms with Gasteiger partial charge in [-0.05, 0) is 31.4 Å². The van der Waals surface area contributed by atoms with Crippen LogP contribution in [-0.4, -0.2) is 6.54 Å². The maximum atomic E-state index is 5.67. The highest BCUT2D eigenvalue weighted by Gasteiger charge is 2.04. The lowest BCUT2D eigenvalue weighted by Crippen LogP contribution is -2.15. The maximum Gasteiger partial charge on any atom is -0.00458 e. The average Bonchev–Trinajstić information content (AvgIpc) is 2.14. The standard InChI is InChI=1S/C12H19N/c1-3-11(9-13)8-12-6-4-5-10(2)7-12/h4-7,11H,3,8-9,13H2,1-2H3. The first-order valence-electron chi connectivity index (χ1n) is 5.02. The summed E-state index contributed by atoms with van der Waals surface area (Å²) in [6.45, 7) is 5.13. The van der Waals surface area contributed by atoms with Crippen molar-refractivity contribution in [1.29, 1.82) is 0 Å². The summed E-state index contributed by atoms with van der Waals surface area (Å²) < 4.78 is 0. The molecule has 1 aromatic carbocycles. The largest absolute Gasteiger partial charge is 0.330 e. The van der Waals surface area contributed by atoms with Gasteiger partial charge in [0.1, 0.15) is 0 Å². The van der Waals surface area contributed by atoms with Crippen molar-refractivity contribution in [1.82, 2.24) is 0 Å². The van der Waals surface area contributed by atoms with Gasteiger partial charge >= 0.3 is 0 Å². The van der Waals surface area contributed by atoms with Gasteiger partial charge in [-0.1, -0.05) is 43.2 Å². The molecule has 0 spiro atoms. The molecule has 0 bridgehead atoms. The van der Waals surface area contributed by atoms with Gasteiger partial charge in [-0.15, -0.1) is 0 Å². The molecule has 72 valence electrons. The molecule has 1 nitrogen and oxygen atoms in total. The second kappa shape index (κ2) is 5.03. The first kappa shape index (κ1) is 10.3. The lowest BCUT2D eigenvalue weighted by molar-refractivity contribution is 0.518. The van der Waals surface area contributed by atoms with Crippen LogP contribution in [0.3, 0.4) is 0 Å². The van der Waals surface area contributed by atoms with Crippen LogP contribution in [0.4, 0.5) is 0 Å². The fourth-order valence-electron chi connectivity index (χ4n) is 1.57. The van der Waals surface area contributed by atoms with Crippen molar-refractivity contribution in [3.8, 4) is 0 Å². The Labute approximate surface area is 81.0 Å². The normalized spacial score (nSPS) is 12.8. The molecule has 0 aliphatic rings. The smallest absolute Gasteiger partial charge is 0.00458 e. The predicted molar refractivity (Wildman–Crippen MR) is 57.7 cm³/mol. The molecule has 0 saturated heterocycles. The molecule has 0 aromatic heterocycles. The molecular formula is C12H19N. The van der Waals surface area contributed by atoms with Gasteiger partial charge in [-0.2, -0.15) is 0 Å². The van der Waals surface area contributed by atoms with E-state index in [4.69, 9.17) is 5.73 Å². The van der Waals surface area contributed by atoms with E-state index in [9.17, 15) is 0 Å². The second-order valence-electron chi connectivity index (χ2n) is 3.70. The minimum absolute atomic E-state index is 0.641. The zero-order valence-corrected chi connectivity index (χ0v) is 8.59. The Morgan fingerprint density at radius 3 is 2.69 bits per heavy atom. The van der Waals surface area contributed by atoms with Crippen LogP contribution >= 0.6 is 0 Å². The minimum Gasteiger partial charge on any atom is -0.330 e. The van der Waals surface area contributed by atoms with Gasteiger partial charge in [0.2, 0.25) is 0 Å². The third kappa shape index (κ3) is 3.19. The SMILES string of the molecule is CCC(CN)Cc1cccc(C)c1. The topological polar surface area (TPSA) is 26.0 Å². The molecule has 0 radical (unpaired) electrons. The Bertz CT molecular complexity index is 251. The third-order valence-electron chi connectivity index (χ3n) is 2.52. The fraction of sp³-hybridized carbons (Fsp3) is 0.500. The zero-order valence-electron chi connectivity index (χ0n) is 8.59. The number of benzene rings is 1. The molecule has 1 unspecified atom stereocenters. The Balaban J connectivity index is 2.62. The molecule has 1 aromatic rings. The molecule has 1 heteroatoms. The minimum atomic E-state index is 0.641. The lowest BCUT2D eigenvalue weighted by Gasteiger charge is -2.11. The summed E-state index contributed by atoms with van der Waals surface area (Å²) in [7, 11) is 0. The summed E-state index contributed by atoms with van der Waals surface area (Å²) in [4.78, 5) is 0. The van der Waals surface area contributed by atoms with E-state index in [1.165, 1.54) is 17.5 Å².